The van der Waals surface area contributed by atoms with Crippen LogP contribution in [0.2, 0.25) is 0 Å². The van der Waals surface area contributed by atoms with Crippen molar-refractivity contribution in [3.63, 3.8) is 0 Å². The van der Waals surface area contributed by atoms with Gasteiger partial charge in [0.1, 0.15) is 0 Å². The van der Waals surface area contributed by atoms with Crippen molar-refractivity contribution < 1.29 is 9.59 Å². The van der Waals surface area contributed by atoms with E-state index in [-0.39, 0.29) is 11.8 Å². The van der Waals surface area contributed by atoms with E-state index >= 15 is 0 Å². The van der Waals surface area contributed by atoms with Crippen LogP contribution in [0.5, 0.6) is 0 Å². The Morgan fingerprint density at radius 2 is 1.48 bits per heavy atom. The van der Waals surface area contributed by atoms with Gasteiger partial charge < -0.3 is 10.6 Å². The van der Waals surface area contributed by atoms with Crippen LogP contribution < -0.4 is 10.6 Å². The third kappa shape index (κ3) is 5.22. The first-order chi connectivity index (χ1) is 15.2. The Kier molecular flexibility index (Phi) is 6.14. The summed E-state index contributed by atoms with van der Waals surface area (Å²) in [5.74, 6) is -0.378. The molecule has 31 heavy (non-hydrogen) atoms. The predicted octanol–water partition coefficient (Wildman–Crippen LogP) is 4.93. The Balaban J connectivity index is 1.36. The number of hydrogen-bond donors (Lipinski definition) is 2. The molecule has 152 valence electrons. The Morgan fingerprint density at radius 1 is 0.710 bits per heavy atom. The van der Waals surface area contributed by atoms with Gasteiger partial charge in [0.05, 0.1) is 5.56 Å². The smallest absolute Gasteiger partial charge is 0.257 e. The minimum Gasteiger partial charge on any atom is -0.348 e. The third-order valence-electron chi connectivity index (χ3n) is 4.82. The van der Waals surface area contributed by atoms with Crippen LogP contribution in [0, 0.1) is 0 Å². The number of rotatable bonds is 6. The molecule has 1 heterocycles. The van der Waals surface area contributed by atoms with Crippen molar-refractivity contribution in [3.05, 3.63) is 120 Å². The van der Waals surface area contributed by atoms with Crippen molar-refractivity contribution >= 4 is 17.5 Å². The number of aromatic nitrogens is 1. The summed E-state index contributed by atoms with van der Waals surface area (Å²) in [6, 6.07) is 28.4. The molecule has 0 saturated heterocycles. The molecule has 0 spiro atoms. The quantitative estimate of drug-likeness (QED) is 0.476. The van der Waals surface area contributed by atoms with Gasteiger partial charge in [-0.05, 0) is 53.1 Å². The second-order valence-corrected chi connectivity index (χ2v) is 7.02. The monoisotopic (exact) mass is 407 g/mol. The molecule has 0 aliphatic carbocycles. The van der Waals surface area contributed by atoms with E-state index in [1.165, 1.54) is 6.20 Å². The number of nitrogens with one attached hydrogen (secondary N) is 2. The molecule has 1 aromatic heterocycles. The zero-order valence-corrected chi connectivity index (χ0v) is 16.8. The number of benzene rings is 3. The molecule has 0 saturated carbocycles. The van der Waals surface area contributed by atoms with Crippen molar-refractivity contribution in [3.8, 4) is 11.1 Å². The van der Waals surface area contributed by atoms with Gasteiger partial charge in [-0.25, -0.2) is 0 Å². The zero-order valence-electron chi connectivity index (χ0n) is 16.8. The van der Waals surface area contributed by atoms with Crippen molar-refractivity contribution in [2.75, 3.05) is 5.32 Å². The SMILES string of the molecule is O=C(NCc1cccc(NC(=O)c2cccnc2)c1)c1ccc(-c2ccccc2)cc1. The maximum absolute atomic E-state index is 12.5. The fourth-order valence-electron chi connectivity index (χ4n) is 3.19. The Hall–Kier alpha value is -4.25. The van der Waals surface area contributed by atoms with Gasteiger partial charge in [0.2, 0.25) is 0 Å². The van der Waals surface area contributed by atoms with Crippen LogP contribution in [0.3, 0.4) is 0 Å². The fraction of sp³-hybridized carbons (Fsp3) is 0.0385. The highest BCUT2D eigenvalue weighted by molar-refractivity contribution is 6.04. The topological polar surface area (TPSA) is 71.1 Å². The molecule has 0 radical (unpaired) electrons. The summed E-state index contributed by atoms with van der Waals surface area (Å²) in [5, 5.41) is 5.77. The maximum Gasteiger partial charge on any atom is 0.257 e. The number of carbonyl (C=O) groups is 2. The molecule has 4 rings (SSSR count). The van der Waals surface area contributed by atoms with Gasteiger partial charge >= 0.3 is 0 Å². The number of nitrogens with zero attached hydrogens (tertiary/aromatic N) is 1. The summed E-state index contributed by atoms with van der Waals surface area (Å²) in [7, 11) is 0. The fourth-order valence-corrected chi connectivity index (χ4v) is 3.19. The van der Waals surface area contributed by atoms with E-state index in [4.69, 9.17) is 0 Å². The van der Waals surface area contributed by atoms with E-state index in [1.807, 2.05) is 78.9 Å². The summed E-state index contributed by atoms with van der Waals surface area (Å²) in [5.41, 5.74) is 4.81. The summed E-state index contributed by atoms with van der Waals surface area (Å²) >= 11 is 0. The number of carbonyl (C=O) groups excluding carboxylic acids is 2. The molecule has 0 fully saturated rings. The summed E-state index contributed by atoms with van der Waals surface area (Å²) in [6.45, 7) is 0.357. The molecule has 4 aromatic rings. The Morgan fingerprint density at radius 3 is 2.23 bits per heavy atom. The van der Waals surface area contributed by atoms with Crippen LogP contribution in [0.4, 0.5) is 5.69 Å². The van der Waals surface area contributed by atoms with Crippen molar-refractivity contribution in [1.82, 2.24) is 10.3 Å². The van der Waals surface area contributed by atoms with Gasteiger partial charge in [0.15, 0.2) is 0 Å². The lowest BCUT2D eigenvalue weighted by Gasteiger charge is -2.09. The van der Waals surface area contributed by atoms with Crippen molar-refractivity contribution in [2.45, 2.75) is 6.54 Å². The Bertz CT molecular complexity index is 1170. The molecule has 0 atom stereocenters. The number of hydrogen-bond acceptors (Lipinski definition) is 3. The van der Waals surface area contributed by atoms with E-state index < -0.39 is 0 Å². The van der Waals surface area contributed by atoms with E-state index in [0.717, 1.165) is 16.7 Å². The van der Waals surface area contributed by atoms with Gasteiger partial charge in [-0.3, -0.25) is 14.6 Å². The van der Waals surface area contributed by atoms with Gasteiger partial charge in [-0.2, -0.15) is 0 Å². The van der Waals surface area contributed by atoms with Crippen LogP contribution in [-0.2, 0) is 6.54 Å². The Labute approximate surface area is 180 Å². The van der Waals surface area contributed by atoms with Crippen LogP contribution in [0.25, 0.3) is 11.1 Å². The number of pyridine rings is 1. The van der Waals surface area contributed by atoms with E-state index in [0.29, 0.717) is 23.4 Å². The number of anilines is 1. The van der Waals surface area contributed by atoms with Gasteiger partial charge in [-0.15, -0.1) is 0 Å². The zero-order chi connectivity index (χ0) is 21.5. The van der Waals surface area contributed by atoms with Crippen molar-refractivity contribution in [2.24, 2.45) is 0 Å². The van der Waals surface area contributed by atoms with Crippen LogP contribution in [0.1, 0.15) is 26.3 Å². The molecule has 0 aliphatic rings. The van der Waals surface area contributed by atoms with Gasteiger partial charge in [0.25, 0.3) is 11.8 Å². The molecule has 0 unspecified atom stereocenters. The second-order valence-electron chi connectivity index (χ2n) is 7.02. The van der Waals surface area contributed by atoms with E-state index in [2.05, 4.69) is 15.6 Å². The highest BCUT2D eigenvalue weighted by Gasteiger charge is 2.08. The van der Waals surface area contributed by atoms with Gasteiger partial charge in [-0.1, -0.05) is 54.6 Å². The molecule has 2 amide bonds. The highest BCUT2D eigenvalue weighted by atomic mass is 16.2. The maximum atomic E-state index is 12.5. The first-order valence-electron chi connectivity index (χ1n) is 9.93. The van der Waals surface area contributed by atoms with Crippen LogP contribution >= 0.6 is 0 Å². The molecular formula is C26H21N3O2. The summed E-state index contributed by atoms with van der Waals surface area (Å²) < 4.78 is 0. The molecule has 0 bridgehead atoms. The summed E-state index contributed by atoms with van der Waals surface area (Å²) in [4.78, 5) is 28.8. The molecular weight excluding hydrogens is 386 g/mol. The minimum absolute atomic E-state index is 0.149. The first-order valence-corrected chi connectivity index (χ1v) is 9.93. The first kappa shape index (κ1) is 20.0. The summed E-state index contributed by atoms with van der Waals surface area (Å²) in [6.07, 6.45) is 3.14. The lowest BCUT2D eigenvalue weighted by molar-refractivity contribution is 0.0950. The normalized spacial score (nSPS) is 10.3. The highest BCUT2D eigenvalue weighted by Crippen LogP contribution is 2.19. The second kappa shape index (κ2) is 9.50. The standard InChI is InChI=1S/C26H21N3O2/c30-25(22-13-11-21(12-14-22)20-7-2-1-3-8-20)28-17-19-6-4-10-24(16-19)29-26(31)23-9-5-15-27-18-23/h1-16,18H,17H2,(H,28,30)(H,29,31). The van der Waals surface area contributed by atoms with E-state index in [9.17, 15) is 9.59 Å². The van der Waals surface area contributed by atoms with Gasteiger partial charge in [0, 0.05) is 30.2 Å². The molecule has 5 nitrogen and oxygen atoms in total. The van der Waals surface area contributed by atoms with Crippen molar-refractivity contribution in [1.29, 1.82) is 0 Å². The lowest BCUT2D eigenvalue weighted by Crippen LogP contribution is -2.22. The molecule has 3 aromatic carbocycles. The molecule has 0 aliphatic heterocycles. The van der Waals surface area contributed by atoms with E-state index in [1.54, 1.807) is 18.3 Å². The minimum atomic E-state index is -0.229. The largest absolute Gasteiger partial charge is 0.348 e. The predicted molar refractivity (Wildman–Crippen MR) is 122 cm³/mol. The molecule has 2 N–H and O–H groups in total. The lowest BCUT2D eigenvalue weighted by atomic mass is 10.0. The average molecular weight is 407 g/mol. The average Bonchev–Trinajstić information content (AvgIpc) is 2.84. The molecule has 5 heteroatoms. The number of amides is 2. The van der Waals surface area contributed by atoms with Crippen LogP contribution in [-0.4, -0.2) is 16.8 Å². The third-order valence-corrected chi connectivity index (χ3v) is 4.82. The van der Waals surface area contributed by atoms with Crippen LogP contribution in [0.15, 0.2) is 103 Å².